The van der Waals surface area contributed by atoms with Gasteiger partial charge in [-0.3, -0.25) is 0 Å². The average Bonchev–Trinajstić information content (AvgIpc) is 2.13. The van der Waals surface area contributed by atoms with Crippen molar-refractivity contribution < 1.29 is 8.42 Å². The summed E-state index contributed by atoms with van der Waals surface area (Å²) >= 11 is 5.94. The quantitative estimate of drug-likeness (QED) is 0.870. The first-order valence-electron chi connectivity index (χ1n) is 5.55. The number of nitrogen functional groups attached to an aromatic ring is 1. The van der Waals surface area contributed by atoms with Gasteiger partial charge in [-0.15, -0.1) is 0 Å². The summed E-state index contributed by atoms with van der Waals surface area (Å²) in [4.78, 5) is 0.0881. The highest BCUT2D eigenvalue weighted by molar-refractivity contribution is 7.89. The number of anilines is 1. The maximum atomic E-state index is 12.3. The molecule has 0 unspecified atom stereocenters. The molecule has 2 N–H and O–H groups in total. The second kappa shape index (κ2) is 5.07. The van der Waals surface area contributed by atoms with Crippen molar-refractivity contribution >= 4 is 27.3 Å². The first-order chi connectivity index (χ1) is 8.04. The Morgan fingerprint density at radius 3 is 2.33 bits per heavy atom. The second-order valence-corrected chi connectivity index (χ2v) is 7.93. The largest absolute Gasteiger partial charge is 0.399 e. The number of nitrogens with zero attached hydrogens (tertiary/aromatic N) is 1. The fourth-order valence-corrected chi connectivity index (χ4v) is 3.57. The third-order valence-corrected chi connectivity index (χ3v) is 4.63. The van der Waals surface area contributed by atoms with Gasteiger partial charge in [-0.25, -0.2) is 12.7 Å². The molecular formula is C12H19ClN2O2S. The molecule has 0 fully saturated rings. The van der Waals surface area contributed by atoms with Gasteiger partial charge in [0.05, 0.1) is 5.02 Å². The Morgan fingerprint density at radius 2 is 1.89 bits per heavy atom. The molecule has 0 aliphatic rings. The van der Waals surface area contributed by atoms with Crippen LogP contribution in [-0.4, -0.2) is 26.3 Å². The van der Waals surface area contributed by atoms with E-state index in [1.165, 1.54) is 22.5 Å². The van der Waals surface area contributed by atoms with Gasteiger partial charge < -0.3 is 5.73 Å². The highest BCUT2D eigenvalue weighted by atomic mass is 35.5. The topological polar surface area (TPSA) is 63.4 Å². The lowest BCUT2D eigenvalue weighted by atomic mass is 9.97. The molecule has 0 aromatic heterocycles. The van der Waals surface area contributed by atoms with E-state index in [0.717, 1.165) is 0 Å². The van der Waals surface area contributed by atoms with Gasteiger partial charge in [0.1, 0.15) is 4.90 Å². The summed E-state index contributed by atoms with van der Waals surface area (Å²) in [6.45, 7) is 6.34. The minimum atomic E-state index is -3.57. The third-order valence-electron chi connectivity index (χ3n) is 2.34. The molecule has 1 rings (SSSR count). The fourth-order valence-electron chi connectivity index (χ4n) is 1.65. The number of halogens is 1. The van der Waals surface area contributed by atoms with E-state index >= 15 is 0 Å². The summed E-state index contributed by atoms with van der Waals surface area (Å²) in [5, 5.41) is 0.149. The summed E-state index contributed by atoms with van der Waals surface area (Å²) in [5.74, 6) is 0. The maximum absolute atomic E-state index is 12.3. The van der Waals surface area contributed by atoms with Crippen molar-refractivity contribution in [3.63, 3.8) is 0 Å². The standard InChI is InChI=1S/C12H19ClN2O2S/c1-12(2,3)8-15(4)18(16,17)11-6-5-9(14)7-10(11)13/h5-7H,8,14H2,1-4H3. The lowest BCUT2D eigenvalue weighted by Crippen LogP contribution is -2.34. The van der Waals surface area contributed by atoms with Gasteiger partial charge in [-0.05, 0) is 23.6 Å². The molecule has 6 heteroatoms. The van der Waals surface area contributed by atoms with E-state index in [-0.39, 0.29) is 15.3 Å². The molecule has 0 aliphatic carbocycles. The van der Waals surface area contributed by atoms with Crippen molar-refractivity contribution in [1.29, 1.82) is 0 Å². The van der Waals surface area contributed by atoms with Crippen LogP contribution in [0.5, 0.6) is 0 Å². The molecule has 0 radical (unpaired) electrons. The first kappa shape index (κ1) is 15.3. The molecule has 0 spiro atoms. The van der Waals surface area contributed by atoms with Crippen LogP contribution in [-0.2, 0) is 10.0 Å². The smallest absolute Gasteiger partial charge is 0.244 e. The Labute approximate surface area is 114 Å². The number of benzene rings is 1. The van der Waals surface area contributed by atoms with E-state index in [2.05, 4.69) is 0 Å². The number of rotatable bonds is 3. The molecule has 1 aromatic rings. The molecule has 0 atom stereocenters. The van der Waals surface area contributed by atoms with Crippen molar-refractivity contribution in [3.8, 4) is 0 Å². The Hall–Kier alpha value is -0.780. The van der Waals surface area contributed by atoms with Gasteiger partial charge in [-0.1, -0.05) is 32.4 Å². The minimum absolute atomic E-state index is 0.0881. The van der Waals surface area contributed by atoms with Gasteiger partial charge in [0, 0.05) is 19.3 Å². The summed E-state index contributed by atoms with van der Waals surface area (Å²) in [6.07, 6.45) is 0. The molecule has 0 aliphatic heterocycles. The summed E-state index contributed by atoms with van der Waals surface area (Å²) < 4.78 is 26.0. The Morgan fingerprint density at radius 1 is 1.33 bits per heavy atom. The molecule has 18 heavy (non-hydrogen) atoms. The SMILES string of the molecule is CN(CC(C)(C)C)S(=O)(=O)c1ccc(N)cc1Cl. The van der Waals surface area contributed by atoms with Crippen molar-refractivity contribution in [2.75, 3.05) is 19.3 Å². The number of hydrogen-bond acceptors (Lipinski definition) is 3. The van der Waals surface area contributed by atoms with Crippen LogP contribution in [0.1, 0.15) is 20.8 Å². The molecule has 1 aromatic carbocycles. The number of nitrogens with two attached hydrogens (primary N) is 1. The van der Waals surface area contributed by atoms with Crippen molar-refractivity contribution in [3.05, 3.63) is 23.2 Å². The Balaban J connectivity index is 3.14. The zero-order chi connectivity index (χ0) is 14.1. The van der Waals surface area contributed by atoms with Crippen LogP contribution in [0, 0.1) is 5.41 Å². The Kier molecular flexibility index (Phi) is 4.30. The van der Waals surface area contributed by atoms with E-state index in [1.807, 2.05) is 20.8 Å². The van der Waals surface area contributed by atoms with Crippen LogP contribution in [0.4, 0.5) is 5.69 Å². The van der Waals surface area contributed by atoms with Crippen LogP contribution in [0.25, 0.3) is 0 Å². The van der Waals surface area contributed by atoms with Crippen LogP contribution < -0.4 is 5.73 Å². The molecule has 0 saturated heterocycles. The predicted molar refractivity (Wildman–Crippen MR) is 75.1 cm³/mol. The maximum Gasteiger partial charge on any atom is 0.244 e. The monoisotopic (exact) mass is 290 g/mol. The highest BCUT2D eigenvalue weighted by Gasteiger charge is 2.27. The first-order valence-corrected chi connectivity index (χ1v) is 7.37. The highest BCUT2D eigenvalue weighted by Crippen LogP contribution is 2.27. The van der Waals surface area contributed by atoms with E-state index in [4.69, 9.17) is 17.3 Å². The lowest BCUT2D eigenvalue weighted by molar-refractivity contribution is 0.311. The van der Waals surface area contributed by atoms with Gasteiger partial charge in [-0.2, -0.15) is 0 Å². The van der Waals surface area contributed by atoms with Gasteiger partial charge >= 0.3 is 0 Å². The molecule has 0 heterocycles. The minimum Gasteiger partial charge on any atom is -0.399 e. The molecular weight excluding hydrogens is 272 g/mol. The predicted octanol–water partition coefficient (Wildman–Crippen LogP) is 2.59. The van der Waals surface area contributed by atoms with Crippen molar-refractivity contribution in [2.45, 2.75) is 25.7 Å². The van der Waals surface area contributed by atoms with Crippen molar-refractivity contribution in [2.24, 2.45) is 5.41 Å². The van der Waals surface area contributed by atoms with Gasteiger partial charge in [0.15, 0.2) is 0 Å². The van der Waals surface area contributed by atoms with E-state index < -0.39 is 10.0 Å². The number of sulfonamides is 1. The molecule has 102 valence electrons. The van der Waals surface area contributed by atoms with E-state index in [1.54, 1.807) is 7.05 Å². The molecule has 0 saturated carbocycles. The number of hydrogen-bond donors (Lipinski definition) is 1. The molecule has 4 nitrogen and oxygen atoms in total. The van der Waals surface area contributed by atoms with Crippen LogP contribution >= 0.6 is 11.6 Å². The summed E-state index contributed by atoms with van der Waals surface area (Å²) in [6, 6.07) is 4.41. The normalized spacial score (nSPS) is 13.0. The van der Waals surface area contributed by atoms with Crippen LogP contribution in [0.2, 0.25) is 5.02 Å². The van der Waals surface area contributed by atoms with Crippen LogP contribution in [0.3, 0.4) is 0 Å². The van der Waals surface area contributed by atoms with Gasteiger partial charge in [0.25, 0.3) is 0 Å². The average molecular weight is 291 g/mol. The molecule has 0 bridgehead atoms. The zero-order valence-electron chi connectivity index (χ0n) is 11.1. The molecule has 0 amide bonds. The Bertz CT molecular complexity index is 535. The van der Waals surface area contributed by atoms with Crippen molar-refractivity contribution in [1.82, 2.24) is 4.31 Å². The summed E-state index contributed by atoms with van der Waals surface area (Å²) in [5.41, 5.74) is 5.87. The van der Waals surface area contributed by atoms with E-state index in [0.29, 0.717) is 12.2 Å². The zero-order valence-corrected chi connectivity index (χ0v) is 12.6. The second-order valence-electron chi connectivity index (χ2n) is 5.51. The lowest BCUT2D eigenvalue weighted by Gasteiger charge is -2.26. The van der Waals surface area contributed by atoms with Crippen LogP contribution in [0.15, 0.2) is 23.1 Å². The third kappa shape index (κ3) is 3.60. The fraction of sp³-hybridized carbons (Fsp3) is 0.500. The summed E-state index contributed by atoms with van der Waals surface area (Å²) in [7, 11) is -2.02. The van der Waals surface area contributed by atoms with Gasteiger partial charge in [0.2, 0.25) is 10.0 Å². The van der Waals surface area contributed by atoms with E-state index in [9.17, 15) is 8.42 Å².